The van der Waals surface area contributed by atoms with Crippen LogP contribution in [0.1, 0.15) is 81.4 Å². The number of hydrogen-bond acceptors (Lipinski definition) is 2. The molecule has 0 spiro atoms. The molecule has 2 aliphatic carbocycles. The molecule has 2 saturated heterocycles. The topological polar surface area (TPSA) is 18.5 Å². The summed E-state index contributed by atoms with van der Waals surface area (Å²) >= 11 is 0. The molecule has 2 heterocycles. The van der Waals surface area contributed by atoms with Gasteiger partial charge in [0.05, 0.1) is 12.2 Å². The summed E-state index contributed by atoms with van der Waals surface area (Å²) in [5.74, 6) is 2.69. The summed E-state index contributed by atoms with van der Waals surface area (Å²) in [4.78, 5) is 0. The molecule has 0 bridgehead atoms. The molecule has 0 saturated carbocycles. The molecule has 2 nitrogen and oxygen atoms in total. The van der Waals surface area contributed by atoms with Crippen molar-refractivity contribution in [3.8, 4) is 0 Å². The third-order valence-corrected chi connectivity index (χ3v) is 11.8. The first-order chi connectivity index (χ1) is 22.8. The Morgan fingerprint density at radius 2 is 0.783 bits per heavy atom. The van der Waals surface area contributed by atoms with E-state index in [1.807, 2.05) is 0 Å². The van der Waals surface area contributed by atoms with Crippen molar-refractivity contribution in [1.29, 1.82) is 0 Å². The van der Waals surface area contributed by atoms with Crippen molar-refractivity contribution in [2.24, 2.45) is 23.7 Å². The van der Waals surface area contributed by atoms with E-state index in [1.54, 1.807) is 0 Å². The maximum absolute atomic E-state index is 6.75. The zero-order valence-electron chi connectivity index (χ0n) is 26.4. The molecule has 8 atom stereocenters. The van der Waals surface area contributed by atoms with Crippen molar-refractivity contribution < 1.29 is 9.47 Å². The smallest absolute Gasteiger partial charge is 0.0864 e. The second-order valence-electron chi connectivity index (χ2n) is 14.1. The second kappa shape index (κ2) is 12.0. The molecular weight excluding hydrogens is 560 g/mol. The highest BCUT2D eigenvalue weighted by Crippen LogP contribution is 2.55. The van der Waals surface area contributed by atoms with Crippen molar-refractivity contribution in [3.63, 3.8) is 0 Å². The Kier molecular flexibility index (Phi) is 7.37. The van der Waals surface area contributed by atoms with Gasteiger partial charge in [-0.1, -0.05) is 133 Å². The zero-order chi connectivity index (χ0) is 30.5. The van der Waals surface area contributed by atoms with Gasteiger partial charge in [0.25, 0.3) is 0 Å². The van der Waals surface area contributed by atoms with Crippen LogP contribution >= 0.6 is 0 Å². The van der Waals surface area contributed by atoms with Gasteiger partial charge in [-0.15, -0.1) is 0 Å². The van der Waals surface area contributed by atoms with Crippen LogP contribution in [0, 0.1) is 23.7 Å². The summed E-state index contributed by atoms with van der Waals surface area (Å²) < 4.78 is 13.5. The number of ether oxygens (including phenoxy) is 2. The summed E-state index contributed by atoms with van der Waals surface area (Å²) in [6.45, 7) is 1.65. The van der Waals surface area contributed by atoms with Crippen LogP contribution in [0.2, 0.25) is 0 Å². The molecular formula is C44H42O2. The summed E-state index contributed by atoms with van der Waals surface area (Å²) in [7, 11) is 0. The van der Waals surface area contributed by atoms with Crippen LogP contribution < -0.4 is 0 Å². The van der Waals surface area contributed by atoms with Gasteiger partial charge < -0.3 is 9.47 Å². The number of fused-ring (bicyclic) bond motifs is 4. The van der Waals surface area contributed by atoms with Crippen LogP contribution in [0.5, 0.6) is 0 Å². The molecule has 230 valence electrons. The van der Waals surface area contributed by atoms with E-state index in [0.29, 0.717) is 35.5 Å². The van der Waals surface area contributed by atoms with E-state index in [0.717, 1.165) is 38.9 Å². The quantitative estimate of drug-likeness (QED) is 0.204. The van der Waals surface area contributed by atoms with Crippen LogP contribution in [-0.4, -0.2) is 13.2 Å². The summed E-state index contributed by atoms with van der Waals surface area (Å²) in [6.07, 6.45) is 4.68. The van der Waals surface area contributed by atoms with E-state index in [1.165, 1.54) is 44.5 Å². The lowest BCUT2D eigenvalue weighted by Crippen LogP contribution is -2.40. The molecule has 9 rings (SSSR count). The zero-order valence-corrected chi connectivity index (χ0v) is 26.4. The van der Waals surface area contributed by atoms with Gasteiger partial charge in [-0.25, -0.2) is 0 Å². The Bertz CT molecular complexity index is 1660. The summed E-state index contributed by atoms with van der Waals surface area (Å²) in [5.41, 5.74) is 11.4. The minimum Gasteiger partial charge on any atom is -0.373 e. The van der Waals surface area contributed by atoms with Gasteiger partial charge in [-0.3, -0.25) is 0 Å². The first-order valence-electron chi connectivity index (χ1n) is 17.4. The SMILES string of the molecule is c1ccc([C@@H]2c3ccccc3C[C@@H]3CCO[C@H](c4ccc([C@H]5OCC[C@H]6Cc7ccccc7[C@@H](c7ccccc7)[C@@H]65)cc4)[C@H]32)cc1. The molecule has 0 N–H and O–H groups in total. The van der Waals surface area contributed by atoms with E-state index >= 15 is 0 Å². The maximum atomic E-state index is 6.75. The van der Waals surface area contributed by atoms with Crippen LogP contribution in [0.25, 0.3) is 0 Å². The largest absolute Gasteiger partial charge is 0.373 e. The molecule has 0 amide bonds. The normalized spacial score (nSPS) is 29.9. The minimum atomic E-state index is 0.0741. The molecule has 2 aliphatic heterocycles. The van der Waals surface area contributed by atoms with Gasteiger partial charge in [0.1, 0.15) is 0 Å². The highest BCUT2D eigenvalue weighted by Gasteiger charge is 2.47. The Morgan fingerprint density at radius 1 is 0.391 bits per heavy atom. The molecule has 0 unspecified atom stereocenters. The van der Waals surface area contributed by atoms with Gasteiger partial charge >= 0.3 is 0 Å². The Labute approximate surface area is 273 Å². The minimum absolute atomic E-state index is 0.0741. The Hall–Kier alpha value is -3.98. The van der Waals surface area contributed by atoms with Crippen molar-refractivity contribution in [1.82, 2.24) is 0 Å². The molecule has 46 heavy (non-hydrogen) atoms. The molecule has 4 aliphatic rings. The third kappa shape index (κ3) is 4.86. The number of benzene rings is 5. The average molecular weight is 603 g/mol. The van der Waals surface area contributed by atoms with E-state index in [4.69, 9.17) is 9.47 Å². The standard InChI is InChI=1S/C44H42O2/c1-3-11-29(12-4-1)39-37-17-9-7-15-33(37)27-35-23-25-45-43(41(35)39)31-19-21-32(22-20-31)44-42-36(24-26-46-44)28-34-16-8-10-18-38(34)40(42)30-13-5-2-6-14-30/h1-22,35-36,39-44H,23-28H2/t35-,36-,39+,40+,41+,42+,43+,44+/m0/s1. The fourth-order valence-electron chi connectivity index (χ4n) is 9.83. The highest BCUT2D eigenvalue weighted by atomic mass is 16.5. The fourth-order valence-corrected chi connectivity index (χ4v) is 9.83. The van der Waals surface area contributed by atoms with E-state index in [-0.39, 0.29) is 12.2 Å². The van der Waals surface area contributed by atoms with E-state index in [9.17, 15) is 0 Å². The van der Waals surface area contributed by atoms with Crippen LogP contribution in [-0.2, 0) is 22.3 Å². The van der Waals surface area contributed by atoms with Gasteiger partial charge in [-0.05, 0) is 82.0 Å². The maximum Gasteiger partial charge on any atom is 0.0864 e. The first-order valence-corrected chi connectivity index (χ1v) is 17.4. The van der Waals surface area contributed by atoms with Gasteiger partial charge in [-0.2, -0.15) is 0 Å². The highest BCUT2D eigenvalue weighted by molar-refractivity contribution is 5.45. The Morgan fingerprint density at radius 3 is 1.22 bits per heavy atom. The molecule has 5 aromatic carbocycles. The predicted octanol–water partition coefficient (Wildman–Crippen LogP) is 9.85. The molecule has 2 heteroatoms. The molecule has 5 aromatic rings. The first kappa shape index (κ1) is 28.3. The lowest BCUT2D eigenvalue weighted by molar-refractivity contribution is -0.0703. The van der Waals surface area contributed by atoms with Gasteiger partial charge in [0, 0.05) is 36.9 Å². The monoisotopic (exact) mass is 602 g/mol. The van der Waals surface area contributed by atoms with Gasteiger partial charge in [0.15, 0.2) is 0 Å². The molecule has 2 fully saturated rings. The van der Waals surface area contributed by atoms with Gasteiger partial charge in [0.2, 0.25) is 0 Å². The van der Waals surface area contributed by atoms with Crippen molar-refractivity contribution in [3.05, 3.63) is 178 Å². The number of hydrogen-bond donors (Lipinski definition) is 0. The van der Waals surface area contributed by atoms with Crippen molar-refractivity contribution in [2.75, 3.05) is 13.2 Å². The van der Waals surface area contributed by atoms with Crippen molar-refractivity contribution in [2.45, 2.75) is 49.7 Å². The summed E-state index contributed by atoms with van der Waals surface area (Å²) in [5, 5.41) is 0. The van der Waals surface area contributed by atoms with E-state index < -0.39 is 0 Å². The molecule has 0 aromatic heterocycles. The van der Waals surface area contributed by atoms with Crippen LogP contribution in [0.15, 0.2) is 133 Å². The average Bonchev–Trinajstić information content (AvgIpc) is 3.13. The summed E-state index contributed by atoms with van der Waals surface area (Å²) in [6, 6.07) is 50.1. The number of rotatable bonds is 4. The van der Waals surface area contributed by atoms with Crippen molar-refractivity contribution >= 4 is 0 Å². The second-order valence-corrected chi connectivity index (χ2v) is 14.1. The van der Waals surface area contributed by atoms with Crippen LogP contribution in [0.3, 0.4) is 0 Å². The lowest BCUT2D eigenvalue weighted by Gasteiger charge is -2.48. The molecule has 0 radical (unpaired) electrons. The Balaban J connectivity index is 1.07. The van der Waals surface area contributed by atoms with E-state index in [2.05, 4.69) is 133 Å². The predicted molar refractivity (Wildman–Crippen MR) is 184 cm³/mol. The lowest BCUT2D eigenvalue weighted by atomic mass is 9.61. The third-order valence-electron chi connectivity index (χ3n) is 11.8. The van der Waals surface area contributed by atoms with Crippen LogP contribution in [0.4, 0.5) is 0 Å². The fraction of sp³-hybridized carbons (Fsp3) is 0.318.